The zero-order chi connectivity index (χ0) is 8.53. The lowest BCUT2D eigenvalue weighted by Gasteiger charge is -1.95. The summed E-state index contributed by atoms with van der Waals surface area (Å²) in [5, 5.41) is 0. The van der Waals surface area contributed by atoms with E-state index in [0.717, 1.165) is 0 Å². The average molecular weight is 152 g/mol. The van der Waals surface area contributed by atoms with Crippen molar-refractivity contribution < 1.29 is 0 Å². The van der Waals surface area contributed by atoms with Gasteiger partial charge in [-0.3, -0.25) is 0 Å². The molecule has 64 valence electrons. The zero-order valence-corrected chi connectivity index (χ0v) is 7.84. The molecule has 0 rings (SSSR count). The van der Waals surface area contributed by atoms with Crippen LogP contribution in [0.3, 0.4) is 0 Å². The summed E-state index contributed by atoms with van der Waals surface area (Å²) in [6.07, 6.45) is 11.7. The van der Waals surface area contributed by atoms with Crippen LogP contribution in [0.2, 0.25) is 0 Å². The van der Waals surface area contributed by atoms with Gasteiger partial charge in [-0.15, -0.1) is 6.58 Å². The Bertz CT molecular complexity index is 111. The second-order valence-corrected chi connectivity index (χ2v) is 3.02. The van der Waals surface area contributed by atoms with Crippen molar-refractivity contribution in [3.8, 4) is 0 Å². The Morgan fingerprint density at radius 3 is 2.64 bits per heavy atom. The zero-order valence-electron chi connectivity index (χ0n) is 7.84. The normalized spacial score (nSPS) is 13.6. The van der Waals surface area contributed by atoms with E-state index in [1.807, 2.05) is 6.08 Å². The van der Waals surface area contributed by atoms with Gasteiger partial charge >= 0.3 is 0 Å². The van der Waals surface area contributed by atoms with Crippen LogP contribution < -0.4 is 0 Å². The second-order valence-electron chi connectivity index (χ2n) is 3.02. The van der Waals surface area contributed by atoms with E-state index in [2.05, 4.69) is 32.6 Å². The highest BCUT2D eigenvalue weighted by Gasteiger charge is 1.86. The minimum Gasteiger partial charge on any atom is -0.102 e. The topological polar surface area (TPSA) is 0 Å². The molecule has 0 aromatic rings. The third kappa shape index (κ3) is 7.38. The van der Waals surface area contributed by atoms with Crippen LogP contribution in [0.15, 0.2) is 24.8 Å². The molecule has 1 atom stereocenters. The van der Waals surface area contributed by atoms with E-state index in [1.54, 1.807) is 0 Å². The summed E-state index contributed by atoms with van der Waals surface area (Å²) < 4.78 is 0. The lowest BCUT2D eigenvalue weighted by atomic mass is 10.1. The van der Waals surface area contributed by atoms with Crippen LogP contribution in [0.5, 0.6) is 0 Å². The number of allylic oxidation sites excluding steroid dienone is 3. The van der Waals surface area contributed by atoms with Gasteiger partial charge in [-0.05, 0) is 18.8 Å². The third-order valence-electron chi connectivity index (χ3n) is 1.79. The van der Waals surface area contributed by atoms with E-state index >= 15 is 0 Å². The Morgan fingerprint density at radius 1 is 1.36 bits per heavy atom. The van der Waals surface area contributed by atoms with Crippen molar-refractivity contribution in [2.45, 2.75) is 39.5 Å². The fourth-order valence-corrected chi connectivity index (χ4v) is 0.902. The molecule has 0 radical (unpaired) electrons. The van der Waals surface area contributed by atoms with Crippen LogP contribution in [0.4, 0.5) is 0 Å². The minimum atomic E-state index is 0.539. The fraction of sp³-hybridized carbons (Fsp3) is 0.636. The third-order valence-corrected chi connectivity index (χ3v) is 1.79. The van der Waals surface area contributed by atoms with Gasteiger partial charge in [-0.2, -0.15) is 0 Å². The standard InChI is InChI=1S/C11H20/c1-4-6-7-8-9-10-11(3)5-2/h5,9-11H,2,4,6-8H2,1,3H3/b10-9-/t11-/m1/s1. The van der Waals surface area contributed by atoms with Gasteiger partial charge < -0.3 is 0 Å². The number of hydrogen-bond donors (Lipinski definition) is 0. The Balaban J connectivity index is 3.22. The van der Waals surface area contributed by atoms with Crippen molar-refractivity contribution in [2.24, 2.45) is 5.92 Å². The second kappa shape index (κ2) is 7.59. The summed E-state index contributed by atoms with van der Waals surface area (Å²) >= 11 is 0. The van der Waals surface area contributed by atoms with Gasteiger partial charge in [0.15, 0.2) is 0 Å². The van der Waals surface area contributed by atoms with E-state index in [9.17, 15) is 0 Å². The maximum absolute atomic E-state index is 3.72. The highest BCUT2D eigenvalue weighted by molar-refractivity contribution is 4.94. The highest BCUT2D eigenvalue weighted by atomic mass is 13.9. The number of hydrogen-bond acceptors (Lipinski definition) is 0. The summed E-state index contributed by atoms with van der Waals surface area (Å²) in [4.78, 5) is 0. The van der Waals surface area contributed by atoms with E-state index in [-0.39, 0.29) is 0 Å². The lowest BCUT2D eigenvalue weighted by Crippen LogP contribution is -1.79. The van der Waals surface area contributed by atoms with Crippen LogP contribution in [-0.4, -0.2) is 0 Å². The van der Waals surface area contributed by atoms with Gasteiger partial charge in [-0.1, -0.05) is 44.9 Å². The molecule has 11 heavy (non-hydrogen) atoms. The fourth-order valence-electron chi connectivity index (χ4n) is 0.902. The van der Waals surface area contributed by atoms with E-state index < -0.39 is 0 Å². The molecule has 0 nitrogen and oxygen atoms in total. The molecule has 0 heteroatoms. The summed E-state index contributed by atoms with van der Waals surface area (Å²) in [7, 11) is 0. The quantitative estimate of drug-likeness (QED) is 0.399. The Morgan fingerprint density at radius 2 is 2.09 bits per heavy atom. The van der Waals surface area contributed by atoms with Crippen molar-refractivity contribution in [1.29, 1.82) is 0 Å². The van der Waals surface area contributed by atoms with Gasteiger partial charge in [0.25, 0.3) is 0 Å². The maximum Gasteiger partial charge on any atom is -0.00846 e. The largest absolute Gasteiger partial charge is 0.102 e. The van der Waals surface area contributed by atoms with Crippen LogP contribution >= 0.6 is 0 Å². The minimum absolute atomic E-state index is 0.539. The molecule has 0 saturated carbocycles. The molecule has 0 aliphatic heterocycles. The smallest absolute Gasteiger partial charge is 0.00846 e. The van der Waals surface area contributed by atoms with E-state index in [1.165, 1.54) is 25.7 Å². The van der Waals surface area contributed by atoms with Gasteiger partial charge in [0.2, 0.25) is 0 Å². The van der Waals surface area contributed by atoms with Crippen LogP contribution in [0.1, 0.15) is 39.5 Å². The Kier molecular flexibility index (Phi) is 7.23. The van der Waals surface area contributed by atoms with Crippen LogP contribution in [-0.2, 0) is 0 Å². The van der Waals surface area contributed by atoms with Gasteiger partial charge in [0.1, 0.15) is 0 Å². The van der Waals surface area contributed by atoms with Gasteiger partial charge in [-0.25, -0.2) is 0 Å². The molecular weight excluding hydrogens is 132 g/mol. The van der Waals surface area contributed by atoms with E-state index in [0.29, 0.717) is 5.92 Å². The molecule has 0 unspecified atom stereocenters. The molecule has 0 aliphatic carbocycles. The van der Waals surface area contributed by atoms with E-state index in [4.69, 9.17) is 0 Å². The van der Waals surface area contributed by atoms with Crippen molar-refractivity contribution in [3.05, 3.63) is 24.8 Å². The summed E-state index contributed by atoms with van der Waals surface area (Å²) in [5.41, 5.74) is 0. The Hall–Kier alpha value is -0.520. The highest BCUT2D eigenvalue weighted by Crippen LogP contribution is 2.03. The predicted octanol–water partition coefficient (Wildman–Crippen LogP) is 3.95. The first-order valence-corrected chi connectivity index (χ1v) is 4.60. The molecule has 0 amide bonds. The Labute approximate surface area is 71.0 Å². The monoisotopic (exact) mass is 152 g/mol. The molecule has 0 bridgehead atoms. The molecule has 0 aromatic heterocycles. The molecule has 0 N–H and O–H groups in total. The van der Waals surface area contributed by atoms with Crippen molar-refractivity contribution >= 4 is 0 Å². The lowest BCUT2D eigenvalue weighted by molar-refractivity contribution is 0.726. The average Bonchev–Trinajstić information content (AvgIpc) is 2.04. The molecule has 0 saturated heterocycles. The molecule has 0 heterocycles. The SMILES string of the molecule is C=C[C@@H](C)/C=C\CCCCC. The van der Waals surface area contributed by atoms with Crippen LogP contribution in [0, 0.1) is 5.92 Å². The first-order valence-electron chi connectivity index (χ1n) is 4.60. The maximum atomic E-state index is 3.72. The van der Waals surface area contributed by atoms with Gasteiger partial charge in [0, 0.05) is 0 Å². The number of unbranched alkanes of at least 4 members (excludes halogenated alkanes) is 3. The molecule has 0 spiro atoms. The first kappa shape index (κ1) is 10.5. The summed E-state index contributed by atoms with van der Waals surface area (Å²) in [6.45, 7) is 8.11. The van der Waals surface area contributed by atoms with Crippen LogP contribution in [0.25, 0.3) is 0 Å². The molecular formula is C11H20. The van der Waals surface area contributed by atoms with Crippen molar-refractivity contribution in [2.75, 3.05) is 0 Å². The van der Waals surface area contributed by atoms with Gasteiger partial charge in [0.05, 0.1) is 0 Å². The van der Waals surface area contributed by atoms with Crippen molar-refractivity contribution in [1.82, 2.24) is 0 Å². The molecule has 0 fully saturated rings. The van der Waals surface area contributed by atoms with Crippen molar-refractivity contribution in [3.63, 3.8) is 0 Å². The number of rotatable bonds is 6. The first-order chi connectivity index (χ1) is 5.31. The summed E-state index contributed by atoms with van der Waals surface area (Å²) in [5.74, 6) is 0.539. The summed E-state index contributed by atoms with van der Waals surface area (Å²) in [6, 6.07) is 0. The molecule has 0 aromatic carbocycles. The predicted molar refractivity (Wildman–Crippen MR) is 52.6 cm³/mol. The molecule has 0 aliphatic rings.